The number of carbonyl (C=O) groups excluding carboxylic acids is 1. The quantitative estimate of drug-likeness (QED) is 0.863. The molecule has 2 aliphatic rings. The average Bonchev–Trinajstić information content (AvgIpc) is 2.54. The fourth-order valence-electron chi connectivity index (χ4n) is 3.77. The number of amides is 1. The number of nitrogens with zero attached hydrogens (tertiary/aromatic N) is 2. The Morgan fingerprint density at radius 3 is 2.64 bits per heavy atom. The molecule has 6 nitrogen and oxygen atoms in total. The first-order valence-corrected chi connectivity index (χ1v) is 10.6. The predicted octanol–water partition coefficient (Wildman–Crippen LogP) is 1.60. The lowest BCUT2D eigenvalue weighted by molar-refractivity contribution is 0.0533. The van der Waals surface area contributed by atoms with E-state index in [1.54, 1.807) is 12.1 Å². The third-order valence-corrected chi connectivity index (χ3v) is 6.58. The number of benzene rings is 1. The van der Waals surface area contributed by atoms with E-state index in [0.717, 1.165) is 24.8 Å². The van der Waals surface area contributed by atoms with Crippen LogP contribution in [0.4, 0.5) is 5.69 Å². The van der Waals surface area contributed by atoms with Gasteiger partial charge in [0.15, 0.2) is 0 Å². The number of hydrogen-bond acceptors (Lipinski definition) is 4. The molecule has 1 aromatic rings. The zero-order chi connectivity index (χ0) is 18.4. The van der Waals surface area contributed by atoms with Crippen LogP contribution < -0.4 is 10.0 Å². The van der Waals surface area contributed by atoms with Gasteiger partial charge in [-0.2, -0.15) is 0 Å². The molecule has 1 aromatic carbocycles. The number of rotatable bonds is 2. The fourth-order valence-corrected chi connectivity index (χ4v) is 4.77. The zero-order valence-corrected chi connectivity index (χ0v) is 16.0. The molecule has 2 aliphatic heterocycles. The fraction of sp³-hybridized carbons (Fsp3) is 0.611. The minimum Gasteiger partial charge on any atom is -0.338 e. The van der Waals surface area contributed by atoms with E-state index in [4.69, 9.17) is 5.73 Å². The minimum atomic E-state index is -3.29. The maximum Gasteiger partial charge on any atom is 0.253 e. The largest absolute Gasteiger partial charge is 0.338 e. The van der Waals surface area contributed by atoms with E-state index in [1.807, 2.05) is 11.0 Å². The van der Waals surface area contributed by atoms with E-state index in [0.29, 0.717) is 30.9 Å². The molecule has 0 spiro atoms. The summed E-state index contributed by atoms with van der Waals surface area (Å²) in [7, 11) is -3.29. The summed E-state index contributed by atoms with van der Waals surface area (Å²) < 4.78 is 25.3. The van der Waals surface area contributed by atoms with Gasteiger partial charge in [-0.15, -0.1) is 0 Å². The van der Waals surface area contributed by atoms with Crippen molar-refractivity contribution in [2.75, 3.05) is 30.2 Å². The number of likely N-dealkylation sites (tertiary alicyclic amines) is 1. The first-order chi connectivity index (χ1) is 11.6. The molecule has 0 saturated carbocycles. The molecule has 1 amide bonds. The molecule has 1 saturated heterocycles. The summed E-state index contributed by atoms with van der Waals surface area (Å²) in [5.41, 5.74) is 8.31. The lowest BCUT2D eigenvalue weighted by Gasteiger charge is -2.42. The number of anilines is 1. The molecule has 1 unspecified atom stereocenters. The van der Waals surface area contributed by atoms with Crippen LogP contribution in [0, 0.1) is 5.41 Å². The number of carbonyl (C=O) groups is 1. The molecule has 7 heteroatoms. The molecule has 1 atom stereocenters. The molecule has 0 radical (unpaired) electrons. The van der Waals surface area contributed by atoms with E-state index >= 15 is 0 Å². The van der Waals surface area contributed by atoms with Crippen molar-refractivity contribution in [3.8, 4) is 0 Å². The van der Waals surface area contributed by atoms with Crippen molar-refractivity contribution in [1.29, 1.82) is 0 Å². The summed E-state index contributed by atoms with van der Waals surface area (Å²) in [4.78, 5) is 14.8. The summed E-state index contributed by atoms with van der Waals surface area (Å²) in [5, 5.41) is 0. The van der Waals surface area contributed by atoms with Crippen molar-refractivity contribution in [2.45, 2.75) is 39.2 Å². The zero-order valence-electron chi connectivity index (χ0n) is 15.2. The van der Waals surface area contributed by atoms with Crippen LogP contribution in [0.1, 0.15) is 42.6 Å². The predicted molar refractivity (Wildman–Crippen MR) is 99.2 cm³/mol. The van der Waals surface area contributed by atoms with E-state index in [9.17, 15) is 13.2 Å². The van der Waals surface area contributed by atoms with Crippen LogP contribution in [-0.2, 0) is 16.4 Å². The molecule has 0 aromatic heterocycles. The molecule has 2 heterocycles. The Labute approximate surface area is 150 Å². The highest BCUT2D eigenvalue weighted by molar-refractivity contribution is 7.92. The number of hydrogen-bond donors (Lipinski definition) is 1. The Morgan fingerprint density at radius 2 is 2.00 bits per heavy atom. The highest BCUT2D eigenvalue weighted by atomic mass is 32.2. The molecule has 1 fully saturated rings. The van der Waals surface area contributed by atoms with Crippen LogP contribution in [0.15, 0.2) is 18.2 Å². The molecule has 25 heavy (non-hydrogen) atoms. The molecule has 138 valence electrons. The Kier molecular flexibility index (Phi) is 4.58. The van der Waals surface area contributed by atoms with Gasteiger partial charge in [0.1, 0.15) is 0 Å². The van der Waals surface area contributed by atoms with Gasteiger partial charge in [-0.05, 0) is 48.4 Å². The maximum absolute atomic E-state index is 12.9. The summed E-state index contributed by atoms with van der Waals surface area (Å²) in [6.45, 7) is 5.98. The number of fused-ring (bicyclic) bond motifs is 1. The van der Waals surface area contributed by atoms with E-state index in [-0.39, 0.29) is 17.4 Å². The van der Waals surface area contributed by atoms with Gasteiger partial charge in [0.25, 0.3) is 5.91 Å². The van der Waals surface area contributed by atoms with Gasteiger partial charge in [-0.3, -0.25) is 9.10 Å². The highest BCUT2D eigenvalue weighted by Gasteiger charge is 2.36. The SMILES string of the molecule is CC1(C)CN(C(=O)c2ccc3c(c2)CCCN3S(C)(=O)=O)CCC1N. The second-order valence-corrected chi connectivity index (χ2v) is 9.80. The summed E-state index contributed by atoms with van der Waals surface area (Å²) in [6.07, 6.45) is 3.58. The second kappa shape index (κ2) is 6.29. The topological polar surface area (TPSA) is 83.7 Å². The first kappa shape index (κ1) is 18.2. The van der Waals surface area contributed by atoms with Gasteiger partial charge in [0.05, 0.1) is 11.9 Å². The van der Waals surface area contributed by atoms with Crippen LogP contribution in [0.2, 0.25) is 0 Å². The summed E-state index contributed by atoms with van der Waals surface area (Å²) in [6, 6.07) is 5.47. The van der Waals surface area contributed by atoms with Gasteiger partial charge >= 0.3 is 0 Å². The Balaban J connectivity index is 1.86. The Hall–Kier alpha value is -1.60. The molecular formula is C18H27N3O3S. The van der Waals surface area contributed by atoms with Gasteiger partial charge in [0.2, 0.25) is 10.0 Å². The molecule has 0 aliphatic carbocycles. The van der Waals surface area contributed by atoms with Crippen molar-refractivity contribution in [3.63, 3.8) is 0 Å². The summed E-state index contributed by atoms with van der Waals surface area (Å²) >= 11 is 0. The average molecular weight is 365 g/mol. The van der Waals surface area contributed by atoms with Crippen LogP contribution in [-0.4, -0.2) is 51.2 Å². The Morgan fingerprint density at radius 1 is 1.28 bits per heavy atom. The van der Waals surface area contributed by atoms with Crippen molar-refractivity contribution in [3.05, 3.63) is 29.3 Å². The third kappa shape index (κ3) is 3.53. The van der Waals surface area contributed by atoms with Crippen molar-refractivity contribution in [1.82, 2.24) is 4.90 Å². The molecule has 3 rings (SSSR count). The second-order valence-electron chi connectivity index (χ2n) is 7.89. The number of piperidine rings is 1. The third-order valence-electron chi connectivity index (χ3n) is 5.40. The van der Waals surface area contributed by atoms with Crippen LogP contribution in [0.25, 0.3) is 0 Å². The van der Waals surface area contributed by atoms with Crippen LogP contribution in [0.3, 0.4) is 0 Å². The van der Waals surface area contributed by atoms with E-state index in [1.165, 1.54) is 10.6 Å². The van der Waals surface area contributed by atoms with Crippen LogP contribution in [0.5, 0.6) is 0 Å². The minimum absolute atomic E-state index is 0.000691. The van der Waals surface area contributed by atoms with E-state index in [2.05, 4.69) is 13.8 Å². The highest BCUT2D eigenvalue weighted by Crippen LogP contribution is 2.32. The number of sulfonamides is 1. The lowest BCUT2D eigenvalue weighted by atomic mass is 9.79. The lowest BCUT2D eigenvalue weighted by Crippen LogP contribution is -2.54. The normalized spacial score (nSPS) is 23.3. The van der Waals surface area contributed by atoms with Crippen LogP contribution >= 0.6 is 0 Å². The van der Waals surface area contributed by atoms with Gasteiger partial charge in [-0.25, -0.2) is 8.42 Å². The Bertz CT molecular complexity index is 789. The monoisotopic (exact) mass is 365 g/mol. The van der Waals surface area contributed by atoms with Gasteiger partial charge < -0.3 is 10.6 Å². The van der Waals surface area contributed by atoms with Gasteiger partial charge in [-0.1, -0.05) is 13.8 Å². The van der Waals surface area contributed by atoms with Crippen molar-refractivity contribution >= 4 is 21.6 Å². The number of nitrogens with two attached hydrogens (primary N) is 1. The molecular weight excluding hydrogens is 338 g/mol. The maximum atomic E-state index is 12.9. The molecule has 2 N–H and O–H groups in total. The molecule has 0 bridgehead atoms. The van der Waals surface area contributed by atoms with Crippen molar-refractivity contribution < 1.29 is 13.2 Å². The van der Waals surface area contributed by atoms with Crippen molar-refractivity contribution in [2.24, 2.45) is 11.1 Å². The van der Waals surface area contributed by atoms with E-state index < -0.39 is 10.0 Å². The summed E-state index contributed by atoms with van der Waals surface area (Å²) in [5.74, 6) is -0.000691. The van der Waals surface area contributed by atoms with Gasteiger partial charge in [0, 0.05) is 31.2 Å². The smallest absolute Gasteiger partial charge is 0.253 e. The number of aryl methyl sites for hydroxylation is 1. The first-order valence-electron chi connectivity index (χ1n) is 8.75. The standard InChI is InChI=1S/C18H27N3O3S/c1-18(2)12-20(10-8-16(18)19)17(22)14-6-7-15-13(11-14)5-4-9-21(15)25(3,23)24/h6-7,11,16H,4-5,8-10,12,19H2,1-3H3.